The molecule has 0 amide bonds. The zero-order chi connectivity index (χ0) is 15.6. The zero-order valence-electron chi connectivity index (χ0n) is 10.7. The van der Waals surface area contributed by atoms with Crippen LogP contribution in [-0.4, -0.2) is 16.3 Å². The molecule has 0 atom stereocenters. The summed E-state index contributed by atoms with van der Waals surface area (Å²) in [5, 5.41) is 2.73. The molecule has 0 fully saturated rings. The van der Waals surface area contributed by atoms with Gasteiger partial charge in [0.05, 0.1) is 5.69 Å². The predicted octanol–water partition coefficient (Wildman–Crippen LogP) is 3.77. The molecule has 0 unspecified atom stereocenters. The molecule has 1 aromatic carbocycles. The Hall–Kier alpha value is -2.03. The topological polar surface area (TPSA) is 73.1 Å². The molecule has 3 N–H and O–H groups in total. The summed E-state index contributed by atoms with van der Waals surface area (Å²) in [7, 11) is 0. The number of anilines is 3. The van der Waals surface area contributed by atoms with Crippen molar-refractivity contribution in [2.45, 2.75) is 13.3 Å². The number of rotatable bonds is 3. The Morgan fingerprint density at radius 2 is 1.95 bits per heavy atom. The highest BCUT2D eigenvalue weighted by atomic mass is 79.9. The summed E-state index contributed by atoms with van der Waals surface area (Å²) in [6, 6.07) is 5.61. The normalized spacial score (nSPS) is 11.3. The Morgan fingerprint density at radius 3 is 2.57 bits per heavy atom. The van der Waals surface area contributed by atoms with Crippen LogP contribution in [0.4, 0.5) is 30.5 Å². The van der Waals surface area contributed by atoms with E-state index in [1.807, 2.05) is 0 Å². The van der Waals surface area contributed by atoms with Gasteiger partial charge in [0.15, 0.2) is 5.75 Å². The number of aromatic nitrogens is 2. The highest BCUT2D eigenvalue weighted by molar-refractivity contribution is 9.10. The average molecular weight is 363 g/mol. The second-order valence-corrected chi connectivity index (χ2v) is 4.95. The molecule has 0 aliphatic heterocycles. The highest BCUT2D eigenvalue weighted by Crippen LogP contribution is 2.34. The molecule has 9 heteroatoms. The average Bonchev–Trinajstić information content (AvgIpc) is 2.29. The molecule has 2 rings (SSSR count). The van der Waals surface area contributed by atoms with Gasteiger partial charge in [-0.25, -0.2) is 9.97 Å². The second-order valence-electron chi connectivity index (χ2n) is 4.04. The Labute approximate surface area is 126 Å². The van der Waals surface area contributed by atoms with Crippen molar-refractivity contribution in [2.24, 2.45) is 0 Å². The van der Waals surface area contributed by atoms with Gasteiger partial charge < -0.3 is 15.8 Å². The first-order valence-electron chi connectivity index (χ1n) is 5.66. The molecule has 0 aliphatic rings. The lowest BCUT2D eigenvalue weighted by Gasteiger charge is -2.15. The lowest BCUT2D eigenvalue weighted by molar-refractivity contribution is -0.274. The van der Waals surface area contributed by atoms with E-state index < -0.39 is 6.36 Å². The van der Waals surface area contributed by atoms with Crippen LogP contribution in [0.25, 0.3) is 0 Å². The molecule has 5 nitrogen and oxygen atoms in total. The quantitative estimate of drug-likeness (QED) is 0.869. The molecule has 1 heterocycles. The number of ether oxygens (including phenoxy) is 1. The van der Waals surface area contributed by atoms with Crippen LogP contribution in [-0.2, 0) is 0 Å². The number of halogens is 4. The van der Waals surface area contributed by atoms with Gasteiger partial charge in [-0.2, -0.15) is 0 Å². The minimum absolute atomic E-state index is 0.105. The Balaban J connectivity index is 2.34. The van der Waals surface area contributed by atoms with Crippen molar-refractivity contribution < 1.29 is 17.9 Å². The van der Waals surface area contributed by atoms with Gasteiger partial charge >= 0.3 is 6.36 Å². The van der Waals surface area contributed by atoms with E-state index in [9.17, 15) is 13.2 Å². The van der Waals surface area contributed by atoms with Gasteiger partial charge in [0.25, 0.3) is 0 Å². The van der Waals surface area contributed by atoms with Crippen LogP contribution in [0.15, 0.2) is 28.7 Å². The van der Waals surface area contributed by atoms with E-state index in [0.717, 1.165) is 0 Å². The molecule has 1 aromatic heterocycles. The number of hydrogen-bond acceptors (Lipinski definition) is 5. The minimum Gasteiger partial charge on any atom is -0.404 e. The summed E-state index contributed by atoms with van der Waals surface area (Å²) in [6.45, 7) is 1.62. The van der Waals surface area contributed by atoms with E-state index in [2.05, 4.69) is 36.0 Å². The summed E-state index contributed by atoms with van der Waals surface area (Å²) >= 11 is 3.09. The van der Waals surface area contributed by atoms with Gasteiger partial charge in [-0.3, -0.25) is 0 Å². The lowest BCUT2D eigenvalue weighted by Crippen LogP contribution is -2.18. The van der Waals surface area contributed by atoms with Crippen molar-refractivity contribution in [3.05, 3.63) is 34.6 Å². The summed E-state index contributed by atoms with van der Waals surface area (Å²) in [5.74, 6) is 0.495. The smallest absolute Gasteiger partial charge is 0.404 e. The number of nitrogens with one attached hydrogen (secondary N) is 1. The maximum atomic E-state index is 12.4. The number of nitrogens with two attached hydrogens (primary N) is 1. The fourth-order valence-corrected chi connectivity index (χ4v) is 1.94. The van der Waals surface area contributed by atoms with Gasteiger partial charge in [0.2, 0.25) is 0 Å². The van der Waals surface area contributed by atoms with Gasteiger partial charge in [-0.05, 0) is 25.1 Å². The fourth-order valence-electron chi connectivity index (χ4n) is 1.60. The van der Waals surface area contributed by atoms with E-state index in [4.69, 9.17) is 5.73 Å². The maximum absolute atomic E-state index is 12.4. The Kier molecular flexibility index (Phi) is 4.21. The SMILES string of the molecule is Cc1nc(N)cc(Nc2ccc(Br)cc2OC(F)(F)F)n1. The summed E-state index contributed by atoms with van der Waals surface area (Å²) in [4.78, 5) is 7.92. The first-order valence-corrected chi connectivity index (χ1v) is 6.46. The summed E-state index contributed by atoms with van der Waals surface area (Å²) < 4.78 is 41.7. The van der Waals surface area contributed by atoms with Crippen molar-refractivity contribution >= 4 is 33.3 Å². The van der Waals surface area contributed by atoms with E-state index in [-0.39, 0.29) is 23.1 Å². The standard InChI is InChI=1S/C12H10BrF3N4O/c1-6-18-10(17)5-11(19-6)20-8-3-2-7(13)4-9(8)21-12(14,15)16/h2-5H,1H3,(H3,17,18,19,20). The molecule has 0 aliphatic carbocycles. The van der Waals surface area contributed by atoms with E-state index in [1.165, 1.54) is 18.2 Å². The summed E-state index contributed by atoms with van der Waals surface area (Å²) in [5.41, 5.74) is 5.67. The number of nitrogen functional groups attached to an aromatic ring is 1. The van der Waals surface area contributed by atoms with Gasteiger partial charge in [-0.15, -0.1) is 13.2 Å². The first kappa shape index (κ1) is 15.4. The molecular weight excluding hydrogens is 353 g/mol. The largest absolute Gasteiger partial charge is 0.573 e. The Morgan fingerprint density at radius 1 is 1.24 bits per heavy atom. The molecule has 0 radical (unpaired) electrons. The number of nitrogens with zero attached hydrogens (tertiary/aromatic N) is 2. The zero-order valence-corrected chi connectivity index (χ0v) is 12.3. The number of hydrogen-bond donors (Lipinski definition) is 2. The third kappa shape index (κ3) is 4.48. The summed E-state index contributed by atoms with van der Waals surface area (Å²) in [6.07, 6.45) is -4.79. The van der Waals surface area contributed by atoms with Crippen molar-refractivity contribution in [3.8, 4) is 5.75 Å². The van der Waals surface area contributed by atoms with Crippen LogP contribution < -0.4 is 15.8 Å². The highest BCUT2D eigenvalue weighted by Gasteiger charge is 2.32. The van der Waals surface area contributed by atoms with E-state index in [0.29, 0.717) is 10.3 Å². The minimum atomic E-state index is -4.79. The number of benzene rings is 1. The lowest BCUT2D eigenvalue weighted by atomic mass is 10.3. The Bertz CT molecular complexity index is 643. The molecule has 0 bridgehead atoms. The van der Waals surface area contributed by atoms with Crippen molar-refractivity contribution in [2.75, 3.05) is 11.1 Å². The number of aryl methyl sites for hydroxylation is 1. The molecule has 112 valence electrons. The van der Waals surface area contributed by atoms with Gasteiger partial charge in [0.1, 0.15) is 17.5 Å². The maximum Gasteiger partial charge on any atom is 0.573 e. The van der Waals surface area contributed by atoms with Crippen molar-refractivity contribution in [3.63, 3.8) is 0 Å². The molecule has 2 aromatic rings. The van der Waals surface area contributed by atoms with Crippen molar-refractivity contribution in [1.82, 2.24) is 9.97 Å². The van der Waals surface area contributed by atoms with Crippen molar-refractivity contribution in [1.29, 1.82) is 0 Å². The van der Waals surface area contributed by atoms with Crippen LogP contribution in [0.5, 0.6) is 5.75 Å². The fraction of sp³-hybridized carbons (Fsp3) is 0.167. The molecule has 0 spiro atoms. The second kappa shape index (κ2) is 5.76. The van der Waals surface area contributed by atoms with Crippen LogP contribution in [0.1, 0.15) is 5.82 Å². The number of alkyl halides is 3. The monoisotopic (exact) mass is 362 g/mol. The van der Waals surface area contributed by atoms with Crippen LogP contribution in [0.3, 0.4) is 0 Å². The van der Waals surface area contributed by atoms with Gasteiger partial charge in [0, 0.05) is 10.5 Å². The molecule has 0 saturated heterocycles. The van der Waals surface area contributed by atoms with Crippen LogP contribution in [0.2, 0.25) is 0 Å². The van der Waals surface area contributed by atoms with E-state index in [1.54, 1.807) is 13.0 Å². The predicted molar refractivity (Wildman–Crippen MR) is 75.3 cm³/mol. The third-order valence-corrected chi connectivity index (χ3v) is 2.78. The van der Waals surface area contributed by atoms with Crippen LogP contribution in [0, 0.1) is 6.92 Å². The third-order valence-electron chi connectivity index (χ3n) is 2.29. The first-order chi connectivity index (χ1) is 9.73. The molecule has 21 heavy (non-hydrogen) atoms. The van der Waals surface area contributed by atoms with E-state index >= 15 is 0 Å². The molecular formula is C12H10BrF3N4O. The van der Waals surface area contributed by atoms with Crippen LogP contribution >= 0.6 is 15.9 Å². The molecule has 0 saturated carbocycles. The van der Waals surface area contributed by atoms with Gasteiger partial charge in [-0.1, -0.05) is 15.9 Å².